The van der Waals surface area contributed by atoms with Crippen molar-refractivity contribution in [3.8, 4) is 0 Å². The van der Waals surface area contributed by atoms with Crippen LogP contribution in [0.25, 0.3) is 0 Å². The van der Waals surface area contributed by atoms with Gasteiger partial charge in [-0.05, 0) is 32.1 Å². The predicted octanol–water partition coefficient (Wildman–Crippen LogP) is 1.31. The fourth-order valence-corrected chi connectivity index (χ4v) is 1.66. The van der Waals surface area contributed by atoms with Gasteiger partial charge in [-0.25, -0.2) is 4.79 Å². The van der Waals surface area contributed by atoms with E-state index in [-0.39, 0.29) is 18.6 Å². The van der Waals surface area contributed by atoms with Crippen LogP contribution in [0.1, 0.15) is 33.1 Å². The third-order valence-electron chi connectivity index (χ3n) is 3.26. The Morgan fingerprint density at radius 2 is 2.16 bits per heavy atom. The smallest absolute Gasteiger partial charge is 0.323 e. The van der Waals surface area contributed by atoms with Gasteiger partial charge in [0.2, 0.25) is 0 Å². The summed E-state index contributed by atoms with van der Waals surface area (Å²) in [5.41, 5.74) is 0. The molecule has 0 heterocycles. The summed E-state index contributed by atoms with van der Waals surface area (Å²) in [4.78, 5) is 24.0. The third kappa shape index (κ3) is 6.42. The number of carbonyl (C=O) groups excluding carboxylic acids is 1. The van der Waals surface area contributed by atoms with Crippen LogP contribution >= 0.6 is 0 Å². The van der Waals surface area contributed by atoms with Gasteiger partial charge >= 0.3 is 12.0 Å². The first-order chi connectivity index (χ1) is 9.04. The lowest BCUT2D eigenvalue weighted by molar-refractivity contribution is -0.138. The Hall–Kier alpha value is -1.30. The molecule has 1 rings (SSSR count). The van der Waals surface area contributed by atoms with Gasteiger partial charge < -0.3 is 20.1 Å². The average Bonchev–Trinajstić information content (AvgIpc) is 3.18. The molecule has 1 atom stereocenters. The lowest BCUT2D eigenvalue weighted by Gasteiger charge is -2.27. The Kier molecular flexibility index (Phi) is 6.62. The molecule has 0 aromatic carbocycles. The van der Waals surface area contributed by atoms with Gasteiger partial charge in [0.05, 0.1) is 6.61 Å². The van der Waals surface area contributed by atoms with Crippen LogP contribution in [-0.2, 0) is 9.53 Å². The van der Waals surface area contributed by atoms with Gasteiger partial charge in [0.25, 0.3) is 0 Å². The van der Waals surface area contributed by atoms with E-state index in [1.54, 1.807) is 0 Å². The molecule has 6 heteroatoms. The second-order valence-electron chi connectivity index (χ2n) is 5.03. The van der Waals surface area contributed by atoms with E-state index < -0.39 is 5.97 Å². The van der Waals surface area contributed by atoms with Crippen LogP contribution < -0.4 is 5.32 Å². The summed E-state index contributed by atoms with van der Waals surface area (Å²) < 4.78 is 5.41. The quantitative estimate of drug-likeness (QED) is 0.620. The maximum Gasteiger partial charge on any atom is 0.323 e. The van der Waals surface area contributed by atoms with E-state index in [9.17, 15) is 9.59 Å². The Bertz CT molecular complexity index is 305. The number of aliphatic carboxylic acids is 1. The van der Waals surface area contributed by atoms with Gasteiger partial charge in [-0.3, -0.25) is 4.79 Å². The molecule has 2 amide bonds. The fourth-order valence-electron chi connectivity index (χ4n) is 1.66. The minimum Gasteiger partial charge on any atom is -0.480 e. The lowest BCUT2D eigenvalue weighted by atomic mass is 10.2. The first-order valence-corrected chi connectivity index (χ1v) is 6.88. The average molecular weight is 272 g/mol. The summed E-state index contributed by atoms with van der Waals surface area (Å²) in [5, 5.41) is 11.5. The van der Waals surface area contributed by atoms with Crippen LogP contribution in [0.2, 0.25) is 0 Å². The molecule has 1 saturated carbocycles. The van der Waals surface area contributed by atoms with Crippen LogP contribution in [0.5, 0.6) is 0 Å². The van der Waals surface area contributed by atoms with Gasteiger partial charge in [0, 0.05) is 19.2 Å². The normalized spacial score (nSPS) is 15.9. The van der Waals surface area contributed by atoms with Gasteiger partial charge in [0.15, 0.2) is 0 Å². The molecule has 2 N–H and O–H groups in total. The number of hydrogen-bond donors (Lipinski definition) is 2. The van der Waals surface area contributed by atoms with Crippen molar-refractivity contribution in [2.75, 3.05) is 26.3 Å². The predicted molar refractivity (Wildman–Crippen MR) is 71.0 cm³/mol. The minimum absolute atomic E-state index is 0.0940. The highest BCUT2D eigenvalue weighted by molar-refractivity contribution is 5.80. The highest BCUT2D eigenvalue weighted by atomic mass is 16.5. The number of nitrogens with one attached hydrogen (secondary N) is 1. The maximum atomic E-state index is 11.9. The number of ether oxygens (including phenoxy) is 1. The van der Waals surface area contributed by atoms with E-state index in [0.717, 1.165) is 13.0 Å². The Labute approximate surface area is 114 Å². The summed E-state index contributed by atoms with van der Waals surface area (Å²) in [7, 11) is 0. The van der Waals surface area contributed by atoms with Gasteiger partial charge in [-0.2, -0.15) is 0 Å². The van der Waals surface area contributed by atoms with Gasteiger partial charge in [-0.1, -0.05) is 6.92 Å². The monoisotopic (exact) mass is 272 g/mol. The number of carboxylic acids is 1. The zero-order valence-corrected chi connectivity index (χ0v) is 11.7. The van der Waals surface area contributed by atoms with E-state index >= 15 is 0 Å². The number of urea groups is 1. The maximum absolute atomic E-state index is 11.9. The second-order valence-corrected chi connectivity index (χ2v) is 5.03. The lowest BCUT2D eigenvalue weighted by Crippen LogP contribution is -2.48. The molecule has 0 aromatic heterocycles. The molecule has 110 valence electrons. The van der Waals surface area contributed by atoms with Crippen molar-refractivity contribution in [1.82, 2.24) is 10.2 Å². The molecule has 1 fully saturated rings. The van der Waals surface area contributed by atoms with E-state index in [4.69, 9.17) is 9.84 Å². The number of hydrogen-bond acceptors (Lipinski definition) is 3. The summed E-state index contributed by atoms with van der Waals surface area (Å²) >= 11 is 0. The molecule has 0 aromatic rings. The van der Waals surface area contributed by atoms with E-state index in [0.29, 0.717) is 19.1 Å². The fraction of sp³-hybridized carbons (Fsp3) is 0.846. The molecule has 0 saturated heterocycles. The molecular weight excluding hydrogens is 248 g/mol. The highest BCUT2D eigenvalue weighted by Crippen LogP contribution is 2.28. The summed E-state index contributed by atoms with van der Waals surface area (Å²) in [6.45, 7) is 5.14. The van der Waals surface area contributed by atoms with Crippen molar-refractivity contribution in [2.45, 2.75) is 39.2 Å². The number of amides is 2. The zero-order chi connectivity index (χ0) is 14.3. The molecule has 1 aliphatic rings. The highest BCUT2D eigenvalue weighted by Gasteiger charge is 2.22. The number of nitrogens with zero attached hydrogens (tertiary/aromatic N) is 1. The van der Waals surface area contributed by atoms with Crippen LogP contribution in [-0.4, -0.2) is 54.4 Å². The molecule has 0 radical (unpaired) electrons. The Balaban J connectivity index is 2.22. The first kappa shape index (κ1) is 15.8. The second kappa shape index (κ2) is 7.99. The van der Waals surface area contributed by atoms with Crippen molar-refractivity contribution in [3.05, 3.63) is 0 Å². The van der Waals surface area contributed by atoms with Crippen LogP contribution in [0, 0.1) is 5.92 Å². The van der Waals surface area contributed by atoms with Crippen LogP contribution in [0.15, 0.2) is 0 Å². The molecule has 1 aliphatic carbocycles. The summed E-state index contributed by atoms with van der Waals surface area (Å²) in [6.07, 6.45) is 3.21. The number of carbonyl (C=O) groups is 2. The Morgan fingerprint density at radius 3 is 2.68 bits per heavy atom. The van der Waals surface area contributed by atoms with E-state index in [1.807, 2.05) is 13.8 Å². The number of carboxylic acid groups (broad SMARTS) is 1. The van der Waals surface area contributed by atoms with Crippen molar-refractivity contribution in [1.29, 1.82) is 0 Å². The molecule has 6 nitrogen and oxygen atoms in total. The van der Waals surface area contributed by atoms with Crippen molar-refractivity contribution in [2.24, 2.45) is 5.92 Å². The third-order valence-corrected chi connectivity index (χ3v) is 3.26. The largest absolute Gasteiger partial charge is 0.480 e. The number of rotatable bonds is 9. The Morgan fingerprint density at radius 1 is 1.47 bits per heavy atom. The molecule has 0 spiro atoms. The first-order valence-electron chi connectivity index (χ1n) is 6.88. The molecular formula is C13H24N2O4. The summed E-state index contributed by atoms with van der Waals surface area (Å²) in [6, 6.07) is -0.435. The molecule has 1 unspecified atom stereocenters. The molecule has 19 heavy (non-hydrogen) atoms. The molecule has 0 aliphatic heterocycles. The minimum atomic E-state index is -1.000. The van der Waals surface area contributed by atoms with E-state index in [2.05, 4.69) is 5.32 Å². The van der Waals surface area contributed by atoms with Gasteiger partial charge in [0.1, 0.15) is 6.54 Å². The standard InChI is InChI=1S/C13H24N2O4/c1-3-10(2)15(8-12(16)17)13(18)14-6-7-19-9-11-4-5-11/h10-11H,3-9H2,1-2H3,(H,14,18)(H,16,17). The summed E-state index contributed by atoms with van der Waals surface area (Å²) in [5.74, 6) is -0.292. The molecule has 0 bridgehead atoms. The van der Waals surface area contributed by atoms with Crippen molar-refractivity contribution in [3.63, 3.8) is 0 Å². The van der Waals surface area contributed by atoms with Crippen LogP contribution in [0.3, 0.4) is 0 Å². The SMILES string of the molecule is CCC(C)N(CC(=O)O)C(=O)NCCOCC1CC1. The van der Waals surface area contributed by atoms with Crippen molar-refractivity contribution >= 4 is 12.0 Å². The van der Waals surface area contributed by atoms with Crippen LogP contribution in [0.4, 0.5) is 4.79 Å². The van der Waals surface area contributed by atoms with Crippen molar-refractivity contribution < 1.29 is 19.4 Å². The van der Waals surface area contributed by atoms with Gasteiger partial charge in [-0.15, -0.1) is 0 Å². The topological polar surface area (TPSA) is 78.9 Å². The van der Waals surface area contributed by atoms with E-state index in [1.165, 1.54) is 17.7 Å². The zero-order valence-electron chi connectivity index (χ0n) is 11.7.